The summed E-state index contributed by atoms with van der Waals surface area (Å²) >= 11 is 0. The Hall–Kier alpha value is -3.88. The number of unbranched alkanes of at least 4 members (excludes halogenated alkanes) is 2. The highest BCUT2D eigenvalue weighted by molar-refractivity contribution is 6.06. The van der Waals surface area contributed by atoms with Gasteiger partial charge in [-0.3, -0.25) is 25.2 Å². The van der Waals surface area contributed by atoms with Crippen molar-refractivity contribution in [3.8, 4) is 11.5 Å². The number of amides is 2. The van der Waals surface area contributed by atoms with Crippen LogP contribution in [0.3, 0.4) is 0 Å². The SMILES string of the molecule is CCCCCn1nc(C(=O)NNC(=O)c2cccc3c2OCCO3)c2ccccc2c1=O. The highest BCUT2D eigenvalue weighted by Gasteiger charge is 2.22. The molecule has 0 atom stereocenters. The van der Waals surface area contributed by atoms with Crippen molar-refractivity contribution in [3.63, 3.8) is 0 Å². The summed E-state index contributed by atoms with van der Waals surface area (Å²) in [5.41, 5.74) is 4.85. The molecule has 0 saturated carbocycles. The summed E-state index contributed by atoms with van der Waals surface area (Å²) in [6.45, 7) is 3.22. The van der Waals surface area contributed by atoms with Crippen LogP contribution < -0.4 is 25.9 Å². The average Bonchev–Trinajstić information content (AvgIpc) is 2.83. The van der Waals surface area contributed by atoms with E-state index in [0.717, 1.165) is 19.3 Å². The van der Waals surface area contributed by atoms with Gasteiger partial charge in [0.2, 0.25) is 0 Å². The first-order valence-electron chi connectivity index (χ1n) is 10.6. The predicted molar refractivity (Wildman–Crippen MR) is 118 cm³/mol. The quantitative estimate of drug-likeness (QED) is 0.454. The van der Waals surface area contributed by atoms with Crippen LogP contribution in [0.5, 0.6) is 11.5 Å². The molecule has 1 aliphatic heterocycles. The standard InChI is InChI=1S/C23H24N4O5/c1-2-3-6-12-27-23(30)16-9-5-4-8-15(16)19(26-27)22(29)25-24-21(28)17-10-7-11-18-20(17)32-14-13-31-18/h4-5,7-11H,2-3,6,12-14H2,1H3,(H,24,28)(H,25,29). The fourth-order valence-corrected chi connectivity index (χ4v) is 3.56. The maximum absolute atomic E-state index is 12.9. The summed E-state index contributed by atoms with van der Waals surface area (Å²) in [5.74, 6) is -0.373. The van der Waals surface area contributed by atoms with Gasteiger partial charge >= 0.3 is 0 Å². The van der Waals surface area contributed by atoms with Crippen LogP contribution in [-0.2, 0) is 6.54 Å². The van der Waals surface area contributed by atoms with Gasteiger partial charge in [-0.25, -0.2) is 4.68 Å². The highest BCUT2D eigenvalue weighted by Crippen LogP contribution is 2.33. The van der Waals surface area contributed by atoms with Crippen LogP contribution in [0.25, 0.3) is 10.8 Å². The van der Waals surface area contributed by atoms with E-state index < -0.39 is 11.8 Å². The number of benzene rings is 2. The number of carbonyl (C=O) groups is 2. The zero-order chi connectivity index (χ0) is 22.5. The zero-order valence-electron chi connectivity index (χ0n) is 17.7. The molecule has 166 valence electrons. The Balaban J connectivity index is 1.57. The topological polar surface area (TPSA) is 112 Å². The number of carbonyl (C=O) groups excluding carboxylic acids is 2. The molecule has 32 heavy (non-hydrogen) atoms. The van der Waals surface area contributed by atoms with Crippen molar-refractivity contribution in [3.05, 3.63) is 64.1 Å². The molecule has 3 aromatic rings. The summed E-state index contributed by atoms with van der Waals surface area (Å²) in [7, 11) is 0. The molecule has 4 rings (SSSR count). The Morgan fingerprint density at radius 1 is 0.969 bits per heavy atom. The molecule has 0 radical (unpaired) electrons. The monoisotopic (exact) mass is 436 g/mol. The molecule has 0 unspecified atom stereocenters. The van der Waals surface area contributed by atoms with Crippen LogP contribution in [0.2, 0.25) is 0 Å². The van der Waals surface area contributed by atoms with Gasteiger partial charge < -0.3 is 9.47 Å². The van der Waals surface area contributed by atoms with Gasteiger partial charge in [0.25, 0.3) is 17.4 Å². The minimum atomic E-state index is -0.624. The molecule has 9 nitrogen and oxygen atoms in total. The summed E-state index contributed by atoms with van der Waals surface area (Å²) < 4.78 is 12.4. The Labute approximate surface area is 184 Å². The molecule has 9 heteroatoms. The largest absolute Gasteiger partial charge is 0.486 e. The lowest BCUT2D eigenvalue weighted by Crippen LogP contribution is -2.43. The molecule has 0 saturated heterocycles. The lowest BCUT2D eigenvalue weighted by molar-refractivity contribution is 0.0838. The Morgan fingerprint density at radius 3 is 2.53 bits per heavy atom. The van der Waals surface area contributed by atoms with Crippen molar-refractivity contribution in [2.75, 3.05) is 13.2 Å². The van der Waals surface area contributed by atoms with Crippen molar-refractivity contribution >= 4 is 22.6 Å². The van der Waals surface area contributed by atoms with Gasteiger partial charge in [0.05, 0.1) is 10.9 Å². The summed E-state index contributed by atoms with van der Waals surface area (Å²) in [6, 6.07) is 11.8. The minimum absolute atomic E-state index is 0.0617. The molecular weight excluding hydrogens is 412 g/mol. The molecule has 2 aromatic carbocycles. The number of nitrogens with zero attached hydrogens (tertiary/aromatic N) is 2. The third-order valence-corrected chi connectivity index (χ3v) is 5.16. The Bertz CT molecular complexity index is 1220. The molecule has 1 aliphatic rings. The van der Waals surface area contributed by atoms with Gasteiger partial charge in [-0.2, -0.15) is 5.10 Å². The van der Waals surface area contributed by atoms with E-state index in [1.54, 1.807) is 42.5 Å². The van der Waals surface area contributed by atoms with E-state index in [1.807, 2.05) is 0 Å². The lowest BCUT2D eigenvalue weighted by atomic mass is 10.1. The van der Waals surface area contributed by atoms with Crippen LogP contribution >= 0.6 is 0 Å². The van der Waals surface area contributed by atoms with Crippen molar-refractivity contribution in [1.82, 2.24) is 20.6 Å². The van der Waals surface area contributed by atoms with Crippen LogP contribution in [0.1, 0.15) is 47.0 Å². The van der Waals surface area contributed by atoms with Crippen LogP contribution in [-0.4, -0.2) is 34.8 Å². The molecule has 0 spiro atoms. The van der Waals surface area contributed by atoms with Gasteiger partial charge in [-0.15, -0.1) is 0 Å². The number of fused-ring (bicyclic) bond motifs is 2. The number of hydrogen-bond donors (Lipinski definition) is 2. The summed E-state index contributed by atoms with van der Waals surface area (Å²) in [5, 5.41) is 5.11. The number of para-hydroxylation sites is 1. The molecular formula is C23H24N4O5. The Morgan fingerprint density at radius 2 is 1.72 bits per heavy atom. The van der Waals surface area contributed by atoms with Crippen LogP contribution in [0, 0.1) is 0 Å². The third-order valence-electron chi connectivity index (χ3n) is 5.16. The zero-order valence-corrected chi connectivity index (χ0v) is 17.7. The number of hydrogen-bond acceptors (Lipinski definition) is 6. The molecule has 0 fully saturated rings. The summed E-state index contributed by atoms with van der Waals surface area (Å²) in [6.07, 6.45) is 2.73. The van der Waals surface area contributed by atoms with Crippen molar-refractivity contribution < 1.29 is 19.1 Å². The second kappa shape index (κ2) is 9.51. The van der Waals surface area contributed by atoms with E-state index in [2.05, 4.69) is 22.9 Å². The van der Waals surface area contributed by atoms with Gasteiger partial charge in [0, 0.05) is 11.9 Å². The first-order chi connectivity index (χ1) is 15.6. The Kier molecular flexibility index (Phi) is 6.34. The number of aryl methyl sites for hydroxylation is 1. The van der Waals surface area contributed by atoms with Crippen LogP contribution in [0.4, 0.5) is 0 Å². The van der Waals surface area contributed by atoms with E-state index in [9.17, 15) is 14.4 Å². The molecule has 0 bridgehead atoms. The predicted octanol–water partition coefficient (Wildman–Crippen LogP) is 2.43. The minimum Gasteiger partial charge on any atom is -0.486 e. The molecule has 0 aliphatic carbocycles. The summed E-state index contributed by atoms with van der Waals surface area (Å²) in [4.78, 5) is 38.3. The number of rotatable bonds is 6. The maximum atomic E-state index is 12.9. The van der Waals surface area contributed by atoms with Crippen LogP contribution in [0.15, 0.2) is 47.3 Å². The second-order valence-electron chi connectivity index (χ2n) is 7.37. The average molecular weight is 436 g/mol. The number of aromatic nitrogens is 2. The molecule has 2 heterocycles. The van der Waals surface area contributed by atoms with Gasteiger partial charge in [0.15, 0.2) is 17.2 Å². The molecule has 2 N–H and O–H groups in total. The normalized spacial score (nSPS) is 12.4. The maximum Gasteiger partial charge on any atom is 0.290 e. The fourth-order valence-electron chi connectivity index (χ4n) is 3.56. The second-order valence-corrected chi connectivity index (χ2v) is 7.37. The number of ether oxygens (including phenoxy) is 2. The molecule has 2 amide bonds. The highest BCUT2D eigenvalue weighted by atomic mass is 16.6. The first kappa shape index (κ1) is 21.4. The van der Waals surface area contributed by atoms with Crippen molar-refractivity contribution in [2.24, 2.45) is 0 Å². The van der Waals surface area contributed by atoms with E-state index in [4.69, 9.17) is 9.47 Å². The molecule has 1 aromatic heterocycles. The van der Waals surface area contributed by atoms with Gasteiger partial charge in [-0.05, 0) is 24.6 Å². The lowest BCUT2D eigenvalue weighted by Gasteiger charge is -2.20. The smallest absolute Gasteiger partial charge is 0.290 e. The first-order valence-corrected chi connectivity index (χ1v) is 10.6. The van der Waals surface area contributed by atoms with E-state index in [1.165, 1.54) is 4.68 Å². The fraction of sp³-hybridized carbons (Fsp3) is 0.304. The van der Waals surface area contributed by atoms with Crippen molar-refractivity contribution in [1.29, 1.82) is 0 Å². The van der Waals surface area contributed by atoms with Gasteiger partial charge in [0.1, 0.15) is 13.2 Å². The van der Waals surface area contributed by atoms with Crippen molar-refractivity contribution in [2.45, 2.75) is 32.7 Å². The third kappa shape index (κ3) is 4.27. The van der Waals surface area contributed by atoms with E-state index in [0.29, 0.717) is 42.0 Å². The van der Waals surface area contributed by atoms with E-state index in [-0.39, 0.29) is 16.8 Å². The van der Waals surface area contributed by atoms with Gasteiger partial charge in [-0.1, -0.05) is 44.0 Å². The number of nitrogens with one attached hydrogen (secondary N) is 2. The van der Waals surface area contributed by atoms with E-state index >= 15 is 0 Å². The number of hydrazine groups is 1.